The first-order valence-corrected chi connectivity index (χ1v) is 7.60. The summed E-state index contributed by atoms with van der Waals surface area (Å²) >= 11 is 0. The third-order valence-electron chi connectivity index (χ3n) is 3.95. The largest absolute Gasteiger partial charge is 0.391 e. The maximum atomic E-state index is 13.1. The van der Waals surface area contributed by atoms with E-state index in [0.29, 0.717) is 19.0 Å². The summed E-state index contributed by atoms with van der Waals surface area (Å²) in [7, 11) is 0. The number of aliphatic hydroxyl groups is 1. The van der Waals surface area contributed by atoms with E-state index in [-0.39, 0.29) is 24.1 Å². The predicted molar refractivity (Wildman–Crippen MR) is 79.7 cm³/mol. The van der Waals surface area contributed by atoms with Crippen LogP contribution in [-0.2, 0) is 4.79 Å². The summed E-state index contributed by atoms with van der Waals surface area (Å²) in [6.45, 7) is 1.88. The third-order valence-corrected chi connectivity index (χ3v) is 3.95. The lowest BCUT2D eigenvalue weighted by atomic mass is 9.98. The minimum absolute atomic E-state index is 0.180. The average Bonchev–Trinajstić information content (AvgIpc) is 2.51. The van der Waals surface area contributed by atoms with E-state index in [1.54, 1.807) is 11.8 Å². The van der Waals surface area contributed by atoms with Gasteiger partial charge in [0.05, 0.1) is 18.7 Å². The van der Waals surface area contributed by atoms with Crippen LogP contribution in [0.25, 0.3) is 0 Å². The number of carbonyl (C=O) groups excluding carboxylic acids is 2. The van der Waals surface area contributed by atoms with Gasteiger partial charge >= 0.3 is 0 Å². The van der Waals surface area contributed by atoms with Crippen LogP contribution in [0.3, 0.4) is 0 Å². The molecular formula is C16H20F2N2O3. The van der Waals surface area contributed by atoms with Crippen LogP contribution < -0.4 is 5.32 Å². The maximum Gasteiger partial charge on any atom is 0.251 e. The molecule has 0 spiro atoms. The van der Waals surface area contributed by atoms with Crippen molar-refractivity contribution < 1.29 is 23.5 Å². The highest BCUT2D eigenvalue weighted by Crippen LogP contribution is 2.19. The fourth-order valence-electron chi connectivity index (χ4n) is 2.81. The van der Waals surface area contributed by atoms with E-state index in [0.717, 1.165) is 25.0 Å². The van der Waals surface area contributed by atoms with Crippen molar-refractivity contribution in [2.45, 2.75) is 38.3 Å². The average molecular weight is 326 g/mol. The smallest absolute Gasteiger partial charge is 0.251 e. The third kappa shape index (κ3) is 4.48. The SMILES string of the molecule is C[C@@H](O)[C@@H]1CCCCN1C(=O)CNC(=O)c1cc(F)cc(F)c1. The molecule has 2 rings (SSSR count). The minimum Gasteiger partial charge on any atom is -0.391 e. The normalized spacial score (nSPS) is 19.3. The van der Waals surface area contributed by atoms with Gasteiger partial charge in [0, 0.05) is 18.2 Å². The van der Waals surface area contributed by atoms with Crippen LogP contribution in [-0.4, -0.2) is 47.1 Å². The van der Waals surface area contributed by atoms with E-state index in [1.807, 2.05) is 0 Å². The summed E-state index contributed by atoms with van der Waals surface area (Å²) in [5, 5.41) is 12.1. The molecule has 0 bridgehead atoms. The molecule has 1 saturated heterocycles. The number of nitrogens with one attached hydrogen (secondary N) is 1. The van der Waals surface area contributed by atoms with Crippen molar-refractivity contribution in [3.05, 3.63) is 35.4 Å². The van der Waals surface area contributed by atoms with Crippen LogP contribution >= 0.6 is 0 Å². The number of rotatable bonds is 4. The van der Waals surface area contributed by atoms with Gasteiger partial charge in [-0.05, 0) is 38.3 Å². The molecule has 1 fully saturated rings. The highest BCUT2D eigenvalue weighted by Gasteiger charge is 2.29. The molecule has 2 amide bonds. The highest BCUT2D eigenvalue weighted by molar-refractivity contribution is 5.96. The first-order valence-electron chi connectivity index (χ1n) is 7.60. The van der Waals surface area contributed by atoms with Crippen LogP contribution in [0.5, 0.6) is 0 Å². The van der Waals surface area contributed by atoms with Crippen molar-refractivity contribution in [2.75, 3.05) is 13.1 Å². The van der Waals surface area contributed by atoms with E-state index in [2.05, 4.69) is 5.32 Å². The molecule has 23 heavy (non-hydrogen) atoms. The number of likely N-dealkylation sites (tertiary alicyclic amines) is 1. The lowest BCUT2D eigenvalue weighted by molar-refractivity contribution is -0.136. The monoisotopic (exact) mass is 326 g/mol. The summed E-state index contributed by atoms with van der Waals surface area (Å²) in [4.78, 5) is 25.7. The number of hydrogen-bond acceptors (Lipinski definition) is 3. The number of hydrogen-bond donors (Lipinski definition) is 2. The van der Waals surface area contributed by atoms with Crippen LogP contribution in [0.15, 0.2) is 18.2 Å². The van der Waals surface area contributed by atoms with Gasteiger partial charge in [-0.2, -0.15) is 0 Å². The van der Waals surface area contributed by atoms with Gasteiger partial charge in [-0.25, -0.2) is 8.78 Å². The first-order chi connectivity index (χ1) is 10.9. The zero-order valence-electron chi connectivity index (χ0n) is 12.9. The van der Waals surface area contributed by atoms with E-state index in [1.165, 1.54) is 0 Å². The Labute approximate surface area is 133 Å². The van der Waals surface area contributed by atoms with Crippen molar-refractivity contribution in [3.8, 4) is 0 Å². The van der Waals surface area contributed by atoms with Gasteiger partial charge in [0.1, 0.15) is 11.6 Å². The summed E-state index contributed by atoms with van der Waals surface area (Å²) in [6, 6.07) is 2.22. The standard InChI is InChI=1S/C16H20F2N2O3/c1-10(21)14-4-2-3-5-20(14)15(22)9-19-16(23)11-6-12(17)8-13(18)7-11/h6-8,10,14,21H,2-5,9H2,1H3,(H,19,23)/t10-,14+/m1/s1. The lowest BCUT2D eigenvalue weighted by Gasteiger charge is -2.37. The predicted octanol–water partition coefficient (Wildman–Crippen LogP) is 1.46. The van der Waals surface area contributed by atoms with Crippen molar-refractivity contribution >= 4 is 11.8 Å². The number of carbonyl (C=O) groups is 2. The molecule has 0 saturated carbocycles. The van der Waals surface area contributed by atoms with Crippen LogP contribution in [0.1, 0.15) is 36.5 Å². The van der Waals surface area contributed by atoms with Crippen molar-refractivity contribution in [1.29, 1.82) is 0 Å². The van der Waals surface area contributed by atoms with Crippen molar-refractivity contribution in [2.24, 2.45) is 0 Å². The van der Waals surface area contributed by atoms with Gasteiger partial charge in [0.25, 0.3) is 5.91 Å². The molecule has 1 aliphatic rings. The fraction of sp³-hybridized carbons (Fsp3) is 0.500. The van der Waals surface area contributed by atoms with E-state index in [9.17, 15) is 23.5 Å². The molecule has 0 aromatic heterocycles. The van der Waals surface area contributed by atoms with Crippen LogP contribution in [0, 0.1) is 11.6 Å². The number of benzene rings is 1. The Balaban J connectivity index is 1.96. The molecule has 0 unspecified atom stereocenters. The second-order valence-electron chi connectivity index (χ2n) is 5.73. The molecule has 0 radical (unpaired) electrons. The molecule has 2 N–H and O–H groups in total. The van der Waals surface area contributed by atoms with Crippen molar-refractivity contribution in [3.63, 3.8) is 0 Å². The molecule has 2 atom stereocenters. The molecule has 1 aromatic rings. The van der Waals surface area contributed by atoms with E-state index >= 15 is 0 Å². The Kier molecular flexibility index (Phi) is 5.65. The van der Waals surface area contributed by atoms with Crippen LogP contribution in [0.4, 0.5) is 8.78 Å². The molecule has 126 valence electrons. The quantitative estimate of drug-likeness (QED) is 0.880. The van der Waals surface area contributed by atoms with Crippen molar-refractivity contribution in [1.82, 2.24) is 10.2 Å². The Morgan fingerprint density at radius 1 is 1.30 bits per heavy atom. The summed E-state index contributed by atoms with van der Waals surface area (Å²) in [5.74, 6) is -2.75. The molecule has 1 aliphatic heterocycles. The number of halogens is 2. The van der Waals surface area contributed by atoms with E-state index < -0.39 is 23.6 Å². The molecule has 7 heteroatoms. The minimum atomic E-state index is -0.855. The van der Waals surface area contributed by atoms with Gasteiger partial charge in [-0.3, -0.25) is 9.59 Å². The fourth-order valence-corrected chi connectivity index (χ4v) is 2.81. The summed E-state index contributed by atoms with van der Waals surface area (Å²) in [6.07, 6.45) is 1.85. The zero-order chi connectivity index (χ0) is 17.0. The number of amides is 2. The second kappa shape index (κ2) is 7.50. The highest BCUT2D eigenvalue weighted by atomic mass is 19.1. The van der Waals surface area contributed by atoms with E-state index in [4.69, 9.17) is 0 Å². The van der Waals surface area contributed by atoms with Gasteiger partial charge in [0.2, 0.25) is 5.91 Å². The second-order valence-corrected chi connectivity index (χ2v) is 5.73. The number of aliphatic hydroxyl groups excluding tert-OH is 1. The van der Waals surface area contributed by atoms with Gasteiger partial charge in [-0.15, -0.1) is 0 Å². The Hall–Kier alpha value is -2.02. The Morgan fingerprint density at radius 2 is 1.96 bits per heavy atom. The zero-order valence-corrected chi connectivity index (χ0v) is 12.9. The van der Waals surface area contributed by atoms with Crippen LogP contribution in [0.2, 0.25) is 0 Å². The maximum absolute atomic E-state index is 13.1. The summed E-state index contributed by atoms with van der Waals surface area (Å²) in [5.41, 5.74) is -0.180. The Bertz CT molecular complexity index is 572. The molecule has 1 aromatic carbocycles. The molecular weight excluding hydrogens is 306 g/mol. The molecule has 1 heterocycles. The van der Waals surface area contributed by atoms with Gasteiger partial charge in [-0.1, -0.05) is 0 Å². The Morgan fingerprint density at radius 3 is 2.57 bits per heavy atom. The summed E-state index contributed by atoms with van der Waals surface area (Å²) < 4.78 is 26.2. The topological polar surface area (TPSA) is 69.6 Å². The molecule has 0 aliphatic carbocycles. The van der Waals surface area contributed by atoms with Gasteiger partial charge < -0.3 is 15.3 Å². The lowest BCUT2D eigenvalue weighted by Crippen LogP contribution is -2.51. The van der Waals surface area contributed by atoms with Gasteiger partial charge in [0.15, 0.2) is 0 Å². The molecule has 5 nitrogen and oxygen atoms in total. The number of nitrogens with zero attached hydrogens (tertiary/aromatic N) is 1. The first kappa shape index (κ1) is 17.3. The number of piperidine rings is 1.